The Morgan fingerprint density at radius 2 is 2.05 bits per heavy atom. The first kappa shape index (κ1) is 12.2. The monoisotopic (exact) mass is 259 g/mol. The van der Waals surface area contributed by atoms with E-state index in [9.17, 15) is 9.59 Å². The average molecular weight is 259 g/mol. The Balaban J connectivity index is 1.95. The summed E-state index contributed by atoms with van der Waals surface area (Å²) in [5.74, 6) is -2.12. The first-order valence-corrected chi connectivity index (χ1v) is 6.83. The Morgan fingerprint density at radius 3 is 2.79 bits per heavy atom. The standard InChI is InChI=1S/C15H17NO3/c17-14-12(15(18)19)8-9-16(14)13-7-3-5-10-4-1-2-6-11(10)13/h3,5,7,12H,1-2,4,6,8-9H2,(H,18,19). The van der Waals surface area contributed by atoms with Gasteiger partial charge in [-0.05, 0) is 49.3 Å². The van der Waals surface area contributed by atoms with Gasteiger partial charge >= 0.3 is 5.97 Å². The van der Waals surface area contributed by atoms with E-state index in [1.54, 1.807) is 4.90 Å². The number of hydrogen-bond donors (Lipinski definition) is 1. The topological polar surface area (TPSA) is 57.6 Å². The lowest BCUT2D eigenvalue weighted by Gasteiger charge is -2.25. The number of hydrogen-bond acceptors (Lipinski definition) is 2. The van der Waals surface area contributed by atoms with E-state index in [1.807, 2.05) is 12.1 Å². The molecule has 1 N–H and O–H groups in total. The fourth-order valence-electron chi connectivity index (χ4n) is 3.16. The van der Waals surface area contributed by atoms with E-state index < -0.39 is 11.9 Å². The Morgan fingerprint density at radius 1 is 1.26 bits per heavy atom. The maximum atomic E-state index is 12.2. The molecule has 1 aromatic carbocycles. The number of benzene rings is 1. The number of fused-ring (bicyclic) bond motifs is 1. The second-order valence-corrected chi connectivity index (χ2v) is 5.29. The number of aliphatic carboxylic acids is 1. The molecule has 1 aliphatic carbocycles. The number of aryl methyl sites for hydroxylation is 1. The number of amides is 1. The Kier molecular flexibility index (Phi) is 3.01. The molecule has 4 nitrogen and oxygen atoms in total. The molecule has 1 amide bonds. The third kappa shape index (κ3) is 2.01. The van der Waals surface area contributed by atoms with Crippen LogP contribution in [0.1, 0.15) is 30.4 Å². The van der Waals surface area contributed by atoms with Gasteiger partial charge in [0.2, 0.25) is 5.91 Å². The summed E-state index contributed by atoms with van der Waals surface area (Å²) in [6, 6.07) is 6.04. The van der Waals surface area contributed by atoms with Gasteiger partial charge in [-0.25, -0.2) is 0 Å². The van der Waals surface area contributed by atoms with Crippen molar-refractivity contribution in [3.05, 3.63) is 29.3 Å². The minimum atomic E-state index is -1.00. The molecule has 0 bridgehead atoms. The number of carboxylic acids is 1. The van der Waals surface area contributed by atoms with Gasteiger partial charge in [0.25, 0.3) is 0 Å². The second-order valence-electron chi connectivity index (χ2n) is 5.29. The minimum absolute atomic E-state index is 0.258. The van der Waals surface area contributed by atoms with Crippen LogP contribution in [0.25, 0.3) is 0 Å². The summed E-state index contributed by atoms with van der Waals surface area (Å²) >= 11 is 0. The van der Waals surface area contributed by atoms with Crippen molar-refractivity contribution in [1.82, 2.24) is 0 Å². The first-order chi connectivity index (χ1) is 9.18. The predicted octanol–water partition coefficient (Wildman–Crippen LogP) is 2.00. The van der Waals surface area contributed by atoms with E-state index >= 15 is 0 Å². The van der Waals surface area contributed by atoms with Crippen LogP contribution in [0.3, 0.4) is 0 Å². The third-order valence-corrected chi connectivity index (χ3v) is 4.17. The van der Waals surface area contributed by atoms with Crippen LogP contribution in [0.2, 0.25) is 0 Å². The van der Waals surface area contributed by atoms with E-state index in [-0.39, 0.29) is 5.91 Å². The van der Waals surface area contributed by atoms with Crippen LogP contribution in [0.5, 0.6) is 0 Å². The molecule has 1 atom stereocenters. The van der Waals surface area contributed by atoms with Crippen molar-refractivity contribution in [2.75, 3.05) is 11.4 Å². The van der Waals surface area contributed by atoms with E-state index in [1.165, 1.54) is 17.5 Å². The molecule has 1 heterocycles. The number of carbonyl (C=O) groups is 2. The molecule has 0 spiro atoms. The van der Waals surface area contributed by atoms with Gasteiger partial charge in [-0.15, -0.1) is 0 Å². The predicted molar refractivity (Wildman–Crippen MR) is 71.2 cm³/mol. The largest absolute Gasteiger partial charge is 0.481 e. The molecular weight excluding hydrogens is 242 g/mol. The van der Waals surface area contributed by atoms with E-state index in [0.717, 1.165) is 24.9 Å². The summed E-state index contributed by atoms with van der Waals surface area (Å²) < 4.78 is 0. The van der Waals surface area contributed by atoms with Crippen LogP contribution in [-0.2, 0) is 22.4 Å². The Hall–Kier alpha value is -1.84. The Labute approximate surface area is 112 Å². The lowest BCUT2D eigenvalue weighted by Crippen LogP contribution is -2.31. The fourth-order valence-corrected chi connectivity index (χ4v) is 3.16. The molecule has 4 heteroatoms. The summed E-state index contributed by atoms with van der Waals surface area (Å²) in [7, 11) is 0. The summed E-state index contributed by atoms with van der Waals surface area (Å²) in [5, 5.41) is 9.04. The van der Waals surface area contributed by atoms with E-state index in [4.69, 9.17) is 5.11 Å². The number of anilines is 1. The summed E-state index contributed by atoms with van der Waals surface area (Å²) in [6.45, 7) is 0.520. The molecule has 0 saturated carbocycles. The third-order valence-electron chi connectivity index (χ3n) is 4.17. The molecule has 1 aromatic rings. The number of rotatable bonds is 2. The summed E-state index contributed by atoms with van der Waals surface area (Å²) in [4.78, 5) is 24.9. The molecular formula is C15H17NO3. The van der Waals surface area contributed by atoms with Gasteiger partial charge in [-0.3, -0.25) is 9.59 Å². The quantitative estimate of drug-likeness (QED) is 0.826. The van der Waals surface area contributed by atoms with Crippen molar-refractivity contribution in [2.24, 2.45) is 5.92 Å². The van der Waals surface area contributed by atoms with Crippen molar-refractivity contribution in [2.45, 2.75) is 32.1 Å². The smallest absolute Gasteiger partial charge is 0.316 e. The molecule has 1 aliphatic heterocycles. The molecule has 0 aromatic heterocycles. The maximum Gasteiger partial charge on any atom is 0.316 e. The van der Waals surface area contributed by atoms with Crippen LogP contribution in [0, 0.1) is 5.92 Å². The van der Waals surface area contributed by atoms with E-state index in [0.29, 0.717) is 13.0 Å². The van der Waals surface area contributed by atoms with Crippen LogP contribution >= 0.6 is 0 Å². The Bertz CT molecular complexity index is 538. The fraction of sp³-hybridized carbons (Fsp3) is 0.467. The van der Waals surface area contributed by atoms with Gasteiger partial charge in [-0.2, -0.15) is 0 Å². The number of nitrogens with zero attached hydrogens (tertiary/aromatic N) is 1. The maximum absolute atomic E-state index is 12.2. The first-order valence-electron chi connectivity index (χ1n) is 6.83. The SMILES string of the molecule is O=C(O)C1CCN(c2cccc3c2CCCC3)C1=O. The summed E-state index contributed by atoms with van der Waals surface area (Å²) in [5.41, 5.74) is 3.49. The molecule has 2 aliphatic rings. The molecule has 3 rings (SSSR count). The zero-order valence-electron chi connectivity index (χ0n) is 10.8. The molecule has 19 heavy (non-hydrogen) atoms. The highest BCUT2D eigenvalue weighted by Gasteiger charge is 2.38. The van der Waals surface area contributed by atoms with Gasteiger partial charge in [0.15, 0.2) is 0 Å². The van der Waals surface area contributed by atoms with Gasteiger partial charge in [0.1, 0.15) is 5.92 Å². The molecule has 1 saturated heterocycles. The molecule has 1 fully saturated rings. The lowest BCUT2D eigenvalue weighted by molar-refractivity contribution is -0.144. The van der Waals surface area contributed by atoms with Gasteiger partial charge in [0.05, 0.1) is 0 Å². The highest BCUT2D eigenvalue weighted by atomic mass is 16.4. The molecule has 100 valence electrons. The number of carboxylic acid groups (broad SMARTS) is 1. The van der Waals surface area contributed by atoms with Crippen LogP contribution in [0.4, 0.5) is 5.69 Å². The van der Waals surface area contributed by atoms with E-state index in [2.05, 4.69) is 6.07 Å². The van der Waals surface area contributed by atoms with Crippen molar-refractivity contribution < 1.29 is 14.7 Å². The summed E-state index contributed by atoms with van der Waals surface area (Å²) in [6.07, 6.45) is 4.81. The second kappa shape index (κ2) is 4.68. The zero-order valence-corrected chi connectivity index (χ0v) is 10.8. The van der Waals surface area contributed by atoms with Crippen LogP contribution in [0.15, 0.2) is 18.2 Å². The highest BCUT2D eigenvalue weighted by Crippen LogP contribution is 2.33. The molecule has 1 unspecified atom stereocenters. The molecule has 0 radical (unpaired) electrons. The van der Waals surface area contributed by atoms with Gasteiger partial charge < -0.3 is 10.0 Å². The van der Waals surface area contributed by atoms with Crippen LogP contribution in [-0.4, -0.2) is 23.5 Å². The van der Waals surface area contributed by atoms with Gasteiger partial charge in [-0.1, -0.05) is 12.1 Å². The normalized spacial score (nSPS) is 22.4. The lowest BCUT2D eigenvalue weighted by atomic mass is 9.90. The minimum Gasteiger partial charge on any atom is -0.481 e. The zero-order chi connectivity index (χ0) is 13.4. The highest BCUT2D eigenvalue weighted by molar-refractivity contribution is 6.08. The average Bonchev–Trinajstić information content (AvgIpc) is 2.80. The van der Waals surface area contributed by atoms with Crippen molar-refractivity contribution in [3.8, 4) is 0 Å². The van der Waals surface area contributed by atoms with Crippen molar-refractivity contribution >= 4 is 17.6 Å². The van der Waals surface area contributed by atoms with Crippen molar-refractivity contribution in [1.29, 1.82) is 0 Å². The number of carbonyl (C=O) groups excluding carboxylic acids is 1. The van der Waals surface area contributed by atoms with Gasteiger partial charge in [0, 0.05) is 12.2 Å². The van der Waals surface area contributed by atoms with Crippen molar-refractivity contribution in [3.63, 3.8) is 0 Å². The van der Waals surface area contributed by atoms with Crippen LogP contribution < -0.4 is 4.90 Å².